The van der Waals surface area contributed by atoms with E-state index in [9.17, 15) is 0 Å². The predicted molar refractivity (Wildman–Crippen MR) is 55.9 cm³/mol. The van der Waals surface area contributed by atoms with Crippen LogP contribution in [-0.4, -0.2) is 37.1 Å². The molecule has 0 spiro atoms. The first-order chi connectivity index (χ1) is 6.42. The molecule has 0 aromatic rings. The molecule has 1 N–H and O–H groups in total. The van der Waals surface area contributed by atoms with Crippen LogP contribution < -0.4 is 5.32 Å². The molecule has 2 rings (SSSR count). The molecule has 2 aliphatic rings. The fraction of sp³-hybridized carbons (Fsp3) is 1.00. The van der Waals surface area contributed by atoms with Gasteiger partial charge in [0.15, 0.2) is 0 Å². The number of hydrogen-bond donors (Lipinski definition) is 1. The van der Waals surface area contributed by atoms with Gasteiger partial charge in [0.25, 0.3) is 0 Å². The quantitative estimate of drug-likeness (QED) is 0.713. The standard InChI is InChI=1S/C11H22N2/c1-12-9-11-5-2-3-8-13(11)10-6-4-7-10/h10-12H,2-9H2,1H3. The summed E-state index contributed by atoms with van der Waals surface area (Å²) in [6.07, 6.45) is 8.66. The molecule has 2 fully saturated rings. The second-order valence-electron chi connectivity index (χ2n) is 4.53. The van der Waals surface area contributed by atoms with E-state index < -0.39 is 0 Å². The lowest BCUT2D eigenvalue weighted by molar-refractivity contribution is 0.0525. The molecule has 0 amide bonds. The minimum absolute atomic E-state index is 0.837. The highest BCUT2D eigenvalue weighted by molar-refractivity contribution is 4.88. The lowest BCUT2D eigenvalue weighted by Gasteiger charge is -2.45. The Balaban J connectivity index is 1.87. The summed E-state index contributed by atoms with van der Waals surface area (Å²) in [5.41, 5.74) is 0. The van der Waals surface area contributed by atoms with E-state index in [-0.39, 0.29) is 0 Å². The Bertz CT molecular complexity index is 152. The van der Waals surface area contributed by atoms with Crippen molar-refractivity contribution in [3.8, 4) is 0 Å². The summed E-state index contributed by atoms with van der Waals surface area (Å²) in [7, 11) is 2.08. The van der Waals surface area contributed by atoms with E-state index in [2.05, 4.69) is 17.3 Å². The van der Waals surface area contributed by atoms with Gasteiger partial charge in [-0.15, -0.1) is 0 Å². The van der Waals surface area contributed by atoms with Crippen LogP contribution in [0.1, 0.15) is 38.5 Å². The molecule has 1 unspecified atom stereocenters. The minimum atomic E-state index is 0.837. The van der Waals surface area contributed by atoms with Gasteiger partial charge in [0.2, 0.25) is 0 Å². The third-order valence-corrected chi connectivity index (χ3v) is 3.66. The summed E-state index contributed by atoms with van der Waals surface area (Å²) in [6.45, 7) is 2.55. The number of likely N-dealkylation sites (N-methyl/N-ethyl adjacent to an activating group) is 1. The van der Waals surface area contributed by atoms with Gasteiger partial charge in [0, 0.05) is 18.6 Å². The van der Waals surface area contributed by atoms with E-state index in [1.807, 2.05) is 0 Å². The van der Waals surface area contributed by atoms with Crippen molar-refractivity contribution in [2.45, 2.75) is 50.6 Å². The Hall–Kier alpha value is -0.0800. The Morgan fingerprint density at radius 1 is 1.15 bits per heavy atom. The van der Waals surface area contributed by atoms with Crippen molar-refractivity contribution in [1.29, 1.82) is 0 Å². The van der Waals surface area contributed by atoms with Gasteiger partial charge >= 0.3 is 0 Å². The summed E-state index contributed by atoms with van der Waals surface area (Å²) in [6, 6.07) is 1.78. The van der Waals surface area contributed by atoms with E-state index in [0.29, 0.717) is 0 Å². The van der Waals surface area contributed by atoms with Crippen LogP contribution in [-0.2, 0) is 0 Å². The number of nitrogens with zero attached hydrogens (tertiary/aromatic N) is 1. The monoisotopic (exact) mass is 182 g/mol. The predicted octanol–water partition coefficient (Wildman–Crippen LogP) is 1.61. The summed E-state index contributed by atoms with van der Waals surface area (Å²) < 4.78 is 0. The van der Waals surface area contributed by atoms with E-state index in [0.717, 1.165) is 12.1 Å². The molecule has 1 saturated heterocycles. The maximum atomic E-state index is 3.33. The van der Waals surface area contributed by atoms with Gasteiger partial charge in [0.1, 0.15) is 0 Å². The highest BCUT2D eigenvalue weighted by atomic mass is 15.2. The van der Waals surface area contributed by atoms with Gasteiger partial charge in [0.05, 0.1) is 0 Å². The van der Waals surface area contributed by atoms with Crippen molar-refractivity contribution in [3.63, 3.8) is 0 Å². The van der Waals surface area contributed by atoms with E-state index in [1.165, 1.54) is 51.6 Å². The van der Waals surface area contributed by atoms with Crippen LogP contribution in [0.3, 0.4) is 0 Å². The maximum absolute atomic E-state index is 3.33. The van der Waals surface area contributed by atoms with Crippen LogP contribution in [0.4, 0.5) is 0 Å². The number of nitrogens with one attached hydrogen (secondary N) is 1. The van der Waals surface area contributed by atoms with Crippen molar-refractivity contribution in [2.75, 3.05) is 20.1 Å². The molecule has 1 saturated carbocycles. The summed E-state index contributed by atoms with van der Waals surface area (Å²) in [4.78, 5) is 2.77. The molecule has 2 nitrogen and oxygen atoms in total. The highest BCUT2D eigenvalue weighted by Gasteiger charge is 2.31. The SMILES string of the molecule is CNCC1CCCCN1C1CCC1. The van der Waals surface area contributed by atoms with Crippen molar-refractivity contribution in [2.24, 2.45) is 0 Å². The third kappa shape index (κ3) is 2.05. The van der Waals surface area contributed by atoms with Crippen LogP contribution >= 0.6 is 0 Å². The molecular weight excluding hydrogens is 160 g/mol. The molecule has 13 heavy (non-hydrogen) atoms. The van der Waals surface area contributed by atoms with Gasteiger partial charge in [-0.3, -0.25) is 4.90 Å². The number of piperidine rings is 1. The number of hydrogen-bond acceptors (Lipinski definition) is 2. The first-order valence-corrected chi connectivity index (χ1v) is 5.82. The zero-order valence-corrected chi connectivity index (χ0v) is 8.76. The fourth-order valence-electron chi connectivity index (χ4n) is 2.68. The molecule has 1 aliphatic carbocycles. The summed E-state index contributed by atoms with van der Waals surface area (Å²) in [5.74, 6) is 0. The summed E-state index contributed by atoms with van der Waals surface area (Å²) >= 11 is 0. The smallest absolute Gasteiger partial charge is 0.0223 e. The van der Waals surface area contributed by atoms with E-state index in [4.69, 9.17) is 0 Å². The summed E-state index contributed by atoms with van der Waals surface area (Å²) in [5, 5.41) is 3.33. The Morgan fingerprint density at radius 3 is 2.62 bits per heavy atom. The normalized spacial score (nSPS) is 31.6. The fourth-order valence-corrected chi connectivity index (χ4v) is 2.68. The Morgan fingerprint density at radius 2 is 2.00 bits per heavy atom. The zero-order valence-electron chi connectivity index (χ0n) is 8.76. The van der Waals surface area contributed by atoms with E-state index >= 15 is 0 Å². The largest absolute Gasteiger partial charge is 0.318 e. The van der Waals surface area contributed by atoms with Crippen LogP contribution in [0, 0.1) is 0 Å². The van der Waals surface area contributed by atoms with Gasteiger partial charge in [-0.1, -0.05) is 12.8 Å². The second kappa shape index (κ2) is 4.43. The lowest BCUT2D eigenvalue weighted by atomic mass is 9.87. The molecule has 0 aromatic carbocycles. The van der Waals surface area contributed by atoms with Gasteiger partial charge < -0.3 is 5.32 Å². The average molecular weight is 182 g/mol. The number of likely N-dealkylation sites (tertiary alicyclic amines) is 1. The Kier molecular flexibility index (Phi) is 3.23. The molecule has 0 aromatic heterocycles. The van der Waals surface area contributed by atoms with Crippen molar-refractivity contribution in [1.82, 2.24) is 10.2 Å². The molecule has 1 atom stereocenters. The number of rotatable bonds is 3. The van der Waals surface area contributed by atoms with E-state index in [1.54, 1.807) is 0 Å². The maximum Gasteiger partial charge on any atom is 0.0223 e. The van der Waals surface area contributed by atoms with Gasteiger partial charge in [-0.25, -0.2) is 0 Å². The van der Waals surface area contributed by atoms with Gasteiger partial charge in [-0.2, -0.15) is 0 Å². The molecular formula is C11H22N2. The van der Waals surface area contributed by atoms with Crippen molar-refractivity contribution < 1.29 is 0 Å². The first-order valence-electron chi connectivity index (χ1n) is 5.82. The topological polar surface area (TPSA) is 15.3 Å². The first kappa shape index (κ1) is 9.47. The molecule has 76 valence electrons. The molecule has 1 heterocycles. The minimum Gasteiger partial charge on any atom is -0.318 e. The third-order valence-electron chi connectivity index (χ3n) is 3.66. The van der Waals surface area contributed by atoms with Crippen molar-refractivity contribution >= 4 is 0 Å². The Labute approximate surface area is 81.7 Å². The van der Waals surface area contributed by atoms with Crippen LogP contribution in [0.25, 0.3) is 0 Å². The average Bonchev–Trinajstić information content (AvgIpc) is 2.05. The van der Waals surface area contributed by atoms with Crippen LogP contribution in [0.15, 0.2) is 0 Å². The molecule has 0 bridgehead atoms. The second-order valence-corrected chi connectivity index (χ2v) is 4.53. The molecule has 1 aliphatic heterocycles. The van der Waals surface area contributed by atoms with Crippen LogP contribution in [0.5, 0.6) is 0 Å². The molecule has 0 radical (unpaired) electrons. The van der Waals surface area contributed by atoms with Gasteiger partial charge in [-0.05, 0) is 39.3 Å². The lowest BCUT2D eigenvalue weighted by Crippen LogP contribution is -2.52. The van der Waals surface area contributed by atoms with Crippen molar-refractivity contribution in [3.05, 3.63) is 0 Å². The molecule has 2 heteroatoms. The zero-order chi connectivity index (χ0) is 9.10. The highest BCUT2D eigenvalue weighted by Crippen LogP contribution is 2.30. The van der Waals surface area contributed by atoms with Crippen LogP contribution in [0.2, 0.25) is 0 Å².